The van der Waals surface area contributed by atoms with Crippen molar-refractivity contribution in [2.45, 2.75) is 13.8 Å². The summed E-state index contributed by atoms with van der Waals surface area (Å²) in [5.41, 5.74) is 2.58. The fourth-order valence-corrected chi connectivity index (χ4v) is 1.66. The Bertz CT molecular complexity index is 614. The molecule has 0 aromatic heterocycles. The molecule has 0 atom stereocenters. The molecule has 0 spiro atoms. The predicted octanol–water partition coefficient (Wildman–Crippen LogP) is 4.06. The van der Waals surface area contributed by atoms with Gasteiger partial charge in [0, 0.05) is 0 Å². The van der Waals surface area contributed by atoms with Gasteiger partial charge in [0.05, 0.1) is 5.69 Å². The van der Waals surface area contributed by atoms with Crippen molar-refractivity contribution in [3.05, 3.63) is 53.6 Å². The number of rotatable bonds is 3. The van der Waals surface area contributed by atoms with E-state index in [1.54, 1.807) is 18.2 Å². The molecule has 3 nitrogen and oxygen atoms in total. The minimum absolute atomic E-state index is 0.583. The van der Waals surface area contributed by atoms with E-state index in [9.17, 15) is 4.79 Å². The molecule has 0 aliphatic carbocycles. The average Bonchev–Trinajstić information content (AvgIpc) is 2.35. The summed E-state index contributed by atoms with van der Waals surface area (Å²) in [7, 11) is 0. The fourth-order valence-electron chi connectivity index (χ4n) is 1.66. The Hall–Kier alpha value is -2.38. The molecule has 0 unspecified atom stereocenters. The standard InChI is InChI=1S/C15H13NO2/c1-11-5-3-4-6-14(11)18-15-8-7-13(16-10-17)9-12(15)2/h3-9H,1-2H3. The van der Waals surface area contributed by atoms with Gasteiger partial charge in [-0.25, -0.2) is 4.79 Å². The summed E-state index contributed by atoms with van der Waals surface area (Å²) in [6, 6.07) is 13.1. The molecule has 3 heteroatoms. The van der Waals surface area contributed by atoms with Crippen LogP contribution in [-0.4, -0.2) is 6.08 Å². The van der Waals surface area contributed by atoms with Crippen LogP contribution in [0.4, 0.5) is 5.69 Å². The number of aliphatic imine (C=N–C) groups is 1. The van der Waals surface area contributed by atoms with Crippen molar-refractivity contribution in [1.82, 2.24) is 0 Å². The van der Waals surface area contributed by atoms with Crippen LogP contribution in [0.15, 0.2) is 47.5 Å². The number of para-hydroxylation sites is 1. The van der Waals surface area contributed by atoms with E-state index in [2.05, 4.69) is 4.99 Å². The number of aryl methyl sites for hydroxylation is 2. The van der Waals surface area contributed by atoms with Crippen LogP contribution < -0.4 is 4.74 Å². The third-order valence-corrected chi connectivity index (χ3v) is 2.65. The zero-order chi connectivity index (χ0) is 13.0. The van der Waals surface area contributed by atoms with E-state index in [0.717, 1.165) is 22.6 Å². The molecule has 0 aliphatic heterocycles. The third kappa shape index (κ3) is 2.65. The van der Waals surface area contributed by atoms with Gasteiger partial charge in [0.1, 0.15) is 11.5 Å². The second kappa shape index (κ2) is 5.30. The first-order valence-electron chi connectivity index (χ1n) is 5.62. The van der Waals surface area contributed by atoms with Crippen LogP contribution in [0.1, 0.15) is 11.1 Å². The molecule has 18 heavy (non-hydrogen) atoms. The van der Waals surface area contributed by atoms with Crippen molar-refractivity contribution in [2.75, 3.05) is 0 Å². The third-order valence-electron chi connectivity index (χ3n) is 2.65. The highest BCUT2D eigenvalue weighted by molar-refractivity contribution is 5.53. The molecule has 0 radical (unpaired) electrons. The Labute approximate surface area is 106 Å². The van der Waals surface area contributed by atoms with Gasteiger partial charge in [-0.1, -0.05) is 18.2 Å². The predicted molar refractivity (Wildman–Crippen MR) is 70.2 cm³/mol. The molecule has 90 valence electrons. The van der Waals surface area contributed by atoms with Crippen molar-refractivity contribution in [3.63, 3.8) is 0 Å². The molecule has 0 aliphatic rings. The van der Waals surface area contributed by atoms with Crippen molar-refractivity contribution < 1.29 is 9.53 Å². The summed E-state index contributed by atoms with van der Waals surface area (Å²) >= 11 is 0. The maximum absolute atomic E-state index is 10.2. The van der Waals surface area contributed by atoms with E-state index < -0.39 is 0 Å². The van der Waals surface area contributed by atoms with Crippen LogP contribution in [0.3, 0.4) is 0 Å². The van der Waals surface area contributed by atoms with Gasteiger partial charge in [0.25, 0.3) is 0 Å². The maximum Gasteiger partial charge on any atom is 0.240 e. The van der Waals surface area contributed by atoms with Crippen molar-refractivity contribution in [2.24, 2.45) is 4.99 Å². The zero-order valence-corrected chi connectivity index (χ0v) is 10.3. The Kier molecular flexibility index (Phi) is 3.56. The number of nitrogens with zero attached hydrogens (tertiary/aromatic N) is 1. The maximum atomic E-state index is 10.2. The molecular weight excluding hydrogens is 226 g/mol. The number of hydrogen-bond acceptors (Lipinski definition) is 3. The zero-order valence-electron chi connectivity index (χ0n) is 10.3. The van der Waals surface area contributed by atoms with Crippen LogP contribution >= 0.6 is 0 Å². The number of carbonyl (C=O) groups excluding carboxylic acids is 1. The molecule has 2 rings (SSSR count). The number of isocyanates is 1. The minimum Gasteiger partial charge on any atom is -0.457 e. The number of ether oxygens (including phenoxy) is 1. The van der Waals surface area contributed by atoms with E-state index >= 15 is 0 Å². The van der Waals surface area contributed by atoms with Gasteiger partial charge in [-0.2, -0.15) is 4.99 Å². The monoisotopic (exact) mass is 239 g/mol. The molecule has 2 aromatic carbocycles. The van der Waals surface area contributed by atoms with Gasteiger partial charge < -0.3 is 4.74 Å². The van der Waals surface area contributed by atoms with E-state index in [4.69, 9.17) is 4.74 Å². The molecule has 0 heterocycles. The van der Waals surface area contributed by atoms with Gasteiger partial charge >= 0.3 is 0 Å². The second-order valence-corrected chi connectivity index (χ2v) is 4.02. The van der Waals surface area contributed by atoms with Gasteiger partial charge in [-0.15, -0.1) is 0 Å². The summed E-state index contributed by atoms with van der Waals surface area (Å²) in [5.74, 6) is 1.58. The van der Waals surface area contributed by atoms with E-state index in [1.807, 2.05) is 38.1 Å². The van der Waals surface area contributed by atoms with Gasteiger partial charge in [0.15, 0.2) is 0 Å². The minimum atomic E-state index is 0.583. The lowest BCUT2D eigenvalue weighted by atomic mass is 10.2. The molecule has 0 bridgehead atoms. The van der Waals surface area contributed by atoms with Crippen molar-refractivity contribution in [3.8, 4) is 11.5 Å². The Morgan fingerprint density at radius 3 is 2.39 bits per heavy atom. The van der Waals surface area contributed by atoms with Gasteiger partial charge in [-0.3, -0.25) is 0 Å². The SMILES string of the molecule is Cc1ccccc1Oc1ccc(N=C=O)cc1C. The average molecular weight is 239 g/mol. The largest absolute Gasteiger partial charge is 0.457 e. The number of hydrogen-bond donors (Lipinski definition) is 0. The summed E-state index contributed by atoms with van der Waals surface area (Å²) in [5, 5.41) is 0. The molecule has 0 fully saturated rings. The first-order valence-corrected chi connectivity index (χ1v) is 5.62. The first kappa shape index (κ1) is 12.1. The Morgan fingerprint density at radius 2 is 1.72 bits per heavy atom. The molecule has 0 saturated carbocycles. The van der Waals surface area contributed by atoms with Crippen LogP contribution in [0.25, 0.3) is 0 Å². The number of benzene rings is 2. The smallest absolute Gasteiger partial charge is 0.240 e. The quantitative estimate of drug-likeness (QED) is 0.598. The fraction of sp³-hybridized carbons (Fsp3) is 0.133. The van der Waals surface area contributed by atoms with Crippen LogP contribution in [0, 0.1) is 13.8 Å². The lowest BCUT2D eigenvalue weighted by Crippen LogP contribution is -1.89. The lowest BCUT2D eigenvalue weighted by Gasteiger charge is -2.10. The topological polar surface area (TPSA) is 38.7 Å². The Morgan fingerprint density at radius 1 is 1.00 bits per heavy atom. The highest BCUT2D eigenvalue weighted by Gasteiger charge is 2.04. The van der Waals surface area contributed by atoms with Crippen LogP contribution in [0.2, 0.25) is 0 Å². The molecule has 0 saturated heterocycles. The molecule has 2 aromatic rings. The van der Waals surface area contributed by atoms with Crippen LogP contribution in [0.5, 0.6) is 11.5 Å². The van der Waals surface area contributed by atoms with E-state index in [0.29, 0.717) is 5.69 Å². The first-order chi connectivity index (χ1) is 8.70. The summed E-state index contributed by atoms with van der Waals surface area (Å²) in [4.78, 5) is 13.8. The molecular formula is C15H13NO2. The van der Waals surface area contributed by atoms with Crippen molar-refractivity contribution in [1.29, 1.82) is 0 Å². The van der Waals surface area contributed by atoms with Gasteiger partial charge in [-0.05, 0) is 49.2 Å². The normalized spacial score (nSPS) is 9.67. The van der Waals surface area contributed by atoms with E-state index in [1.165, 1.54) is 6.08 Å². The molecule has 0 amide bonds. The van der Waals surface area contributed by atoms with E-state index in [-0.39, 0.29) is 0 Å². The second-order valence-electron chi connectivity index (χ2n) is 4.02. The highest BCUT2D eigenvalue weighted by atomic mass is 16.5. The Balaban J connectivity index is 2.30. The summed E-state index contributed by atoms with van der Waals surface area (Å²) < 4.78 is 5.83. The summed E-state index contributed by atoms with van der Waals surface area (Å²) in [6.45, 7) is 3.91. The summed E-state index contributed by atoms with van der Waals surface area (Å²) in [6.07, 6.45) is 1.52. The highest BCUT2D eigenvalue weighted by Crippen LogP contribution is 2.29. The lowest BCUT2D eigenvalue weighted by molar-refractivity contribution is 0.475. The van der Waals surface area contributed by atoms with Crippen LogP contribution in [-0.2, 0) is 4.79 Å². The van der Waals surface area contributed by atoms with Gasteiger partial charge in [0.2, 0.25) is 6.08 Å². The molecule has 0 N–H and O–H groups in total. The van der Waals surface area contributed by atoms with Crippen molar-refractivity contribution >= 4 is 11.8 Å².